The molecule has 0 heterocycles. The van der Waals surface area contributed by atoms with Crippen molar-refractivity contribution in [3.05, 3.63) is 87.5 Å². The van der Waals surface area contributed by atoms with E-state index in [0.717, 1.165) is 20.4 Å². The van der Waals surface area contributed by atoms with E-state index in [9.17, 15) is 4.79 Å². The number of hydrogen-bond donors (Lipinski definition) is 0. The largest absolute Gasteiger partial charge is 0.497 e. The second-order valence-electron chi connectivity index (χ2n) is 10.1. The van der Waals surface area contributed by atoms with Crippen molar-refractivity contribution >= 4 is 52.1 Å². The van der Waals surface area contributed by atoms with Gasteiger partial charge in [-0.05, 0) is 111 Å². The molecule has 0 fully saturated rings. The molecule has 0 aromatic heterocycles. The molecule has 0 spiro atoms. The molecular weight excluding hydrogens is 612 g/mol. The van der Waals surface area contributed by atoms with Crippen LogP contribution in [0.25, 0.3) is 0 Å². The molecule has 0 radical (unpaired) electrons. The van der Waals surface area contributed by atoms with Gasteiger partial charge in [-0.3, -0.25) is 4.57 Å². The van der Waals surface area contributed by atoms with E-state index in [-0.39, 0.29) is 12.1 Å². The van der Waals surface area contributed by atoms with Crippen molar-refractivity contribution in [1.82, 2.24) is 0 Å². The average molecular weight is 647 g/mol. The maximum Gasteiger partial charge on any atom is 0.335 e. The monoisotopic (exact) mass is 647 g/mol. The molecule has 0 N–H and O–H groups in total. The van der Waals surface area contributed by atoms with Gasteiger partial charge in [0.05, 0.1) is 26.5 Å². The highest BCUT2D eigenvalue weighted by atomic mass is 127. The molecule has 0 unspecified atom stereocenters. The second kappa shape index (κ2) is 12.0. The van der Waals surface area contributed by atoms with Crippen molar-refractivity contribution in [2.45, 2.75) is 40.2 Å². The van der Waals surface area contributed by atoms with Crippen LogP contribution in [0.5, 0.6) is 11.5 Å². The zero-order valence-electron chi connectivity index (χ0n) is 23.0. The topological polar surface area (TPSA) is 65.1 Å². The lowest BCUT2D eigenvalue weighted by Gasteiger charge is -2.37. The number of esters is 1. The molecule has 3 rings (SSSR count). The van der Waals surface area contributed by atoms with E-state index in [4.69, 9.17) is 14.2 Å². The molecule has 3 aromatic rings. The third-order valence-corrected chi connectivity index (χ3v) is 9.63. The number of methoxy groups -OCH3 is 2. The highest BCUT2D eigenvalue weighted by Crippen LogP contribution is 2.53. The van der Waals surface area contributed by atoms with Gasteiger partial charge in [0.15, 0.2) is 0 Å². The van der Waals surface area contributed by atoms with Crippen molar-refractivity contribution in [3.63, 3.8) is 0 Å². The quantitative estimate of drug-likeness (QED) is 0.114. The Bertz CT molecular complexity index is 1320. The Balaban J connectivity index is 2.35. The zero-order valence-corrected chi connectivity index (χ0v) is 26.1. The van der Waals surface area contributed by atoms with Gasteiger partial charge in [-0.1, -0.05) is 24.8 Å². The van der Waals surface area contributed by atoms with Gasteiger partial charge in [0.25, 0.3) is 0 Å². The summed E-state index contributed by atoms with van der Waals surface area (Å²) in [5.74, 6) is 0.615. The molecule has 0 saturated heterocycles. The van der Waals surface area contributed by atoms with Crippen molar-refractivity contribution in [2.24, 2.45) is 0 Å². The first-order valence-electron chi connectivity index (χ1n) is 12.2. The smallest absolute Gasteiger partial charge is 0.335 e. The van der Waals surface area contributed by atoms with Crippen LogP contribution in [0.4, 0.5) is 5.69 Å². The van der Waals surface area contributed by atoms with Gasteiger partial charge in [-0.25, -0.2) is 4.79 Å². The lowest BCUT2D eigenvalue weighted by Crippen LogP contribution is -2.37. The molecule has 0 aliphatic carbocycles. The summed E-state index contributed by atoms with van der Waals surface area (Å²) in [5.41, 5.74) is 2.27. The molecule has 0 atom stereocenters. The third kappa shape index (κ3) is 6.62. The summed E-state index contributed by atoms with van der Waals surface area (Å²) in [6.45, 7) is 13.5. The summed E-state index contributed by atoms with van der Waals surface area (Å²) in [4.78, 5) is 13.1. The first kappa shape index (κ1) is 29.8. The molecule has 6 nitrogen and oxygen atoms in total. The Labute approximate surface area is 239 Å². The van der Waals surface area contributed by atoms with E-state index in [0.29, 0.717) is 22.1 Å². The van der Waals surface area contributed by atoms with Gasteiger partial charge >= 0.3 is 5.97 Å². The molecule has 0 saturated carbocycles. The van der Waals surface area contributed by atoms with Gasteiger partial charge in [0, 0.05) is 19.8 Å². The Kier molecular flexibility index (Phi) is 9.37. The molecule has 202 valence electrons. The zero-order chi connectivity index (χ0) is 28.3. The van der Waals surface area contributed by atoms with Gasteiger partial charge in [0.1, 0.15) is 17.1 Å². The SMILES string of the molecule is C=C(CN(c1c(C)cc(C)cc1I)P(=O)(c1cccc(OC)c1)c1cccc(OC)c1)C(=O)OC(C)(C)C. The first-order chi connectivity index (χ1) is 17.8. The van der Waals surface area contributed by atoms with Crippen LogP contribution in [-0.4, -0.2) is 32.3 Å². The molecule has 0 bridgehead atoms. The number of ether oxygens (including phenoxy) is 3. The Morgan fingerprint density at radius 1 is 0.947 bits per heavy atom. The maximum absolute atomic E-state index is 15.7. The lowest BCUT2D eigenvalue weighted by molar-refractivity contribution is -0.149. The van der Waals surface area contributed by atoms with Crippen LogP contribution >= 0.6 is 29.9 Å². The van der Waals surface area contributed by atoms with Crippen molar-refractivity contribution < 1.29 is 23.6 Å². The number of anilines is 1. The number of benzene rings is 3. The number of carbonyl (C=O) groups excluding carboxylic acids is 1. The fourth-order valence-electron chi connectivity index (χ4n) is 4.18. The predicted molar refractivity (Wildman–Crippen MR) is 164 cm³/mol. The summed E-state index contributed by atoms with van der Waals surface area (Å²) in [6.07, 6.45) is 0. The standard InChI is InChI=1S/C30H35INO5P/c1-20-15-21(2)28(27(31)16-20)32(19-22(3)29(33)37-30(4,5)6)38(34,25-13-9-11-23(17-25)35-7)26-14-10-12-24(18-26)36-8/h9-18H,3,19H2,1-2,4-8H3. The van der Waals surface area contributed by atoms with E-state index >= 15 is 4.57 Å². The van der Waals surface area contributed by atoms with E-state index in [2.05, 4.69) is 29.2 Å². The number of carbonyl (C=O) groups is 1. The molecule has 3 aromatic carbocycles. The van der Waals surface area contributed by atoms with Crippen LogP contribution in [0.15, 0.2) is 72.8 Å². The minimum absolute atomic E-state index is 0.0134. The van der Waals surface area contributed by atoms with Crippen LogP contribution in [0.3, 0.4) is 0 Å². The number of halogens is 1. The number of nitrogens with zero attached hydrogens (tertiary/aromatic N) is 1. The van der Waals surface area contributed by atoms with Crippen molar-refractivity contribution in [2.75, 3.05) is 25.4 Å². The van der Waals surface area contributed by atoms with E-state index in [1.807, 2.05) is 62.4 Å². The summed E-state index contributed by atoms with van der Waals surface area (Å²) < 4.78 is 35.0. The van der Waals surface area contributed by atoms with E-state index in [1.54, 1.807) is 51.8 Å². The minimum Gasteiger partial charge on any atom is -0.497 e. The predicted octanol–water partition coefficient (Wildman–Crippen LogP) is 6.56. The molecular formula is C30H35INO5P. The number of rotatable bonds is 9. The van der Waals surface area contributed by atoms with E-state index < -0.39 is 18.9 Å². The van der Waals surface area contributed by atoms with Crippen LogP contribution in [-0.2, 0) is 14.1 Å². The average Bonchev–Trinajstić information content (AvgIpc) is 2.86. The summed E-state index contributed by atoms with van der Waals surface area (Å²) in [6, 6.07) is 18.5. The molecule has 38 heavy (non-hydrogen) atoms. The van der Waals surface area contributed by atoms with Gasteiger partial charge < -0.3 is 18.9 Å². The minimum atomic E-state index is -3.65. The van der Waals surface area contributed by atoms with Gasteiger partial charge in [-0.15, -0.1) is 0 Å². The first-order valence-corrected chi connectivity index (χ1v) is 14.9. The summed E-state index contributed by atoms with van der Waals surface area (Å²) in [7, 11) is -0.502. The Morgan fingerprint density at radius 3 is 1.92 bits per heavy atom. The lowest BCUT2D eigenvalue weighted by atomic mass is 10.1. The third-order valence-electron chi connectivity index (χ3n) is 5.83. The summed E-state index contributed by atoms with van der Waals surface area (Å²) in [5, 5.41) is 1.11. The van der Waals surface area contributed by atoms with E-state index in [1.165, 1.54) is 0 Å². The maximum atomic E-state index is 15.7. The Hall–Kier alpha value is -2.77. The molecule has 0 aliphatic heterocycles. The van der Waals surface area contributed by atoms with Crippen LogP contribution in [0.2, 0.25) is 0 Å². The number of aryl methyl sites for hydroxylation is 2. The Morgan fingerprint density at radius 2 is 1.47 bits per heavy atom. The van der Waals surface area contributed by atoms with Crippen molar-refractivity contribution in [1.29, 1.82) is 0 Å². The fourth-order valence-corrected chi connectivity index (χ4v) is 8.53. The van der Waals surface area contributed by atoms with Crippen molar-refractivity contribution in [3.8, 4) is 11.5 Å². The number of hydrogen-bond acceptors (Lipinski definition) is 5. The van der Waals surface area contributed by atoms with Gasteiger partial charge in [-0.2, -0.15) is 0 Å². The van der Waals surface area contributed by atoms with Crippen LogP contribution in [0, 0.1) is 17.4 Å². The fraction of sp³-hybridized carbons (Fsp3) is 0.300. The van der Waals surface area contributed by atoms with Crippen LogP contribution < -0.4 is 24.8 Å². The molecule has 0 aliphatic rings. The summed E-state index contributed by atoms with van der Waals surface area (Å²) >= 11 is 2.26. The highest BCUT2D eigenvalue weighted by molar-refractivity contribution is 14.1. The highest BCUT2D eigenvalue weighted by Gasteiger charge is 2.39. The van der Waals surface area contributed by atoms with Crippen LogP contribution in [0.1, 0.15) is 31.9 Å². The second-order valence-corrected chi connectivity index (χ2v) is 13.9. The van der Waals surface area contributed by atoms with Gasteiger partial charge in [0.2, 0.25) is 7.29 Å². The molecule has 8 heteroatoms. The normalized spacial score (nSPS) is 11.6. The molecule has 0 amide bonds.